The first-order valence-corrected chi connectivity index (χ1v) is 15.1. The molecule has 0 aromatic heterocycles. The first-order chi connectivity index (χ1) is 19.5. The SMILES string of the molecule is CC(Nc1ccccc1S(=O)(=O)c1cccc(C(=O)O)c1)C(=O)N1CCC[C@H]1C(=O)NCC1CCN(C(=N)N)CC1. The van der Waals surface area contributed by atoms with Gasteiger partial charge in [0.05, 0.1) is 21.0 Å². The van der Waals surface area contributed by atoms with Crippen molar-refractivity contribution in [1.82, 2.24) is 15.1 Å². The summed E-state index contributed by atoms with van der Waals surface area (Å²) in [6.45, 7) is 3.88. The molecule has 2 aliphatic heterocycles. The van der Waals surface area contributed by atoms with E-state index in [9.17, 15) is 27.9 Å². The molecule has 41 heavy (non-hydrogen) atoms. The van der Waals surface area contributed by atoms with Gasteiger partial charge in [-0.25, -0.2) is 13.2 Å². The van der Waals surface area contributed by atoms with E-state index in [1.807, 2.05) is 0 Å². The van der Waals surface area contributed by atoms with Crippen LogP contribution in [0.15, 0.2) is 58.3 Å². The summed E-state index contributed by atoms with van der Waals surface area (Å²) in [7, 11) is -4.10. The minimum absolute atomic E-state index is 0.0583. The number of nitrogens with two attached hydrogens (primary N) is 1. The molecule has 0 radical (unpaired) electrons. The number of para-hydroxylation sites is 1. The van der Waals surface area contributed by atoms with Crippen LogP contribution in [0.5, 0.6) is 0 Å². The minimum Gasteiger partial charge on any atom is -0.478 e. The van der Waals surface area contributed by atoms with Crippen LogP contribution in [-0.2, 0) is 19.4 Å². The summed E-state index contributed by atoms with van der Waals surface area (Å²) in [5.41, 5.74) is 5.60. The molecule has 4 rings (SSSR count). The van der Waals surface area contributed by atoms with Crippen molar-refractivity contribution in [3.8, 4) is 0 Å². The molecule has 0 spiro atoms. The highest BCUT2D eigenvalue weighted by molar-refractivity contribution is 7.91. The van der Waals surface area contributed by atoms with Gasteiger partial charge in [0, 0.05) is 26.2 Å². The monoisotopic (exact) mass is 584 g/mol. The van der Waals surface area contributed by atoms with Gasteiger partial charge in [-0.15, -0.1) is 0 Å². The summed E-state index contributed by atoms with van der Waals surface area (Å²) < 4.78 is 26.9. The number of sulfone groups is 1. The molecule has 0 saturated carbocycles. The Labute approximate surface area is 239 Å². The largest absolute Gasteiger partial charge is 0.478 e. The Kier molecular flexibility index (Phi) is 9.16. The number of anilines is 1. The number of hydrogen-bond acceptors (Lipinski definition) is 7. The van der Waals surface area contributed by atoms with Crippen molar-refractivity contribution in [1.29, 1.82) is 5.41 Å². The number of guanidine groups is 1. The lowest BCUT2D eigenvalue weighted by molar-refractivity contribution is -0.138. The molecule has 13 heteroatoms. The van der Waals surface area contributed by atoms with Crippen LogP contribution < -0.4 is 16.4 Å². The molecule has 2 atom stereocenters. The fourth-order valence-electron chi connectivity index (χ4n) is 5.33. The summed E-state index contributed by atoms with van der Waals surface area (Å²) >= 11 is 0. The second kappa shape index (κ2) is 12.6. The van der Waals surface area contributed by atoms with Crippen LogP contribution in [0.2, 0.25) is 0 Å². The Morgan fingerprint density at radius 1 is 1.07 bits per heavy atom. The first-order valence-electron chi connectivity index (χ1n) is 13.6. The molecule has 1 unspecified atom stereocenters. The molecule has 2 saturated heterocycles. The third kappa shape index (κ3) is 6.79. The van der Waals surface area contributed by atoms with Crippen molar-refractivity contribution in [2.45, 2.75) is 54.5 Å². The average Bonchev–Trinajstić information content (AvgIpc) is 3.46. The Bertz CT molecular complexity index is 1420. The zero-order chi connectivity index (χ0) is 29.7. The van der Waals surface area contributed by atoms with Gasteiger partial charge in [0.2, 0.25) is 21.7 Å². The number of amides is 2. The van der Waals surface area contributed by atoms with Crippen LogP contribution in [0.1, 0.15) is 43.0 Å². The van der Waals surface area contributed by atoms with Crippen molar-refractivity contribution >= 4 is 39.3 Å². The van der Waals surface area contributed by atoms with Crippen molar-refractivity contribution in [3.63, 3.8) is 0 Å². The third-order valence-corrected chi connectivity index (χ3v) is 9.48. The Morgan fingerprint density at radius 3 is 2.46 bits per heavy atom. The van der Waals surface area contributed by atoms with Crippen molar-refractivity contribution in [2.24, 2.45) is 11.7 Å². The molecular formula is C28H36N6O6S. The number of carbonyl (C=O) groups excluding carboxylic acids is 2. The van der Waals surface area contributed by atoms with E-state index >= 15 is 0 Å². The lowest BCUT2D eigenvalue weighted by Crippen LogP contribution is -2.51. The number of piperidine rings is 1. The maximum Gasteiger partial charge on any atom is 0.335 e. The van der Waals surface area contributed by atoms with E-state index in [1.165, 1.54) is 24.3 Å². The van der Waals surface area contributed by atoms with E-state index in [0.717, 1.165) is 18.9 Å². The molecule has 2 fully saturated rings. The van der Waals surface area contributed by atoms with E-state index in [2.05, 4.69) is 10.6 Å². The second-order valence-electron chi connectivity index (χ2n) is 10.4. The summed E-state index contributed by atoms with van der Waals surface area (Å²) in [6, 6.07) is 9.80. The predicted octanol–water partition coefficient (Wildman–Crippen LogP) is 1.73. The summed E-state index contributed by atoms with van der Waals surface area (Å²) in [6.07, 6.45) is 2.85. The predicted molar refractivity (Wildman–Crippen MR) is 152 cm³/mol. The van der Waals surface area contributed by atoms with E-state index in [4.69, 9.17) is 11.1 Å². The Hall–Kier alpha value is -4.13. The van der Waals surface area contributed by atoms with E-state index < -0.39 is 27.9 Å². The number of nitrogens with zero attached hydrogens (tertiary/aromatic N) is 2. The van der Waals surface area contributed by atoms with Crippen molar-refractivity contribution in [2.75, 3.05) is 31.5 Å². The van der Waals surface area contributed by atoms with E-state index in [-0.39, 0.29) is 44.7 Å². The Morgan fingerprint density at radius 2 is 1.78 bits per heavy atom. The molecule has 2 aliphatic rings. The number of nitrogens with one attached hydrogen (secondary N) is 3. The van der Waals surface area contributed by atoms with Crippen LogP contribution >= 0.6 is 0 Å². The lowest BCUT2D eigenvalue weighted by Gasteiger charge is -2.33. The molecule has 0 aliphatic carbocycles. The number of carbonyl (C=O) groups is 3. The molecule has 2 heterocycles. The lowest BCUT2D eigenvalue weighted by atomic mass is 9.97. The average molecular weight is 585 g/mol. The van der Waals surface area contributed by atoms with Crippen LogP contribution in [0, 0.1) is 11.3 Å². The van der Waals surface area contributed by atoms with Gasteiger partial charge in [-0.05, 0) is 68.9 Å². The molecule has 0 bridgehead atoms. The molecule has 6 N–H and O–H groups in total. The van der Waals surface area contributed by atoms with Gasteiger partial charge in [-0.2, -0.15) is 0 Å². The molecule has 2 amide bonds. The third-order valence-electron chi connectivity index (χ3n) is 7.67. The normalized spacial score (nSPS) is 18.5. The zero-order valence-electron chi connectivity index (χ0n) is 22.9. The van der Waals surface area contributed by atoms with Gasteiger partial charge in [0.1, 0.15) is 12.1 Å². The van der Waals surface area contributed by atoms with Gasteiger partial charge in [-0.1, -0.05) is 18.2 Å². The van der Waals surface area contributed by atoms with Crippen LogP contribution in [-0.4, -0.2) is 85.3 Å². The van der Waals surface area contributed by atoms with Gasteiger partial charge >= 0.3 is 5.97 Å². The van der Waals surface area contributed by atoms with Crippen molar-refractivity contribution < 1.29 is 27.9 Å². The van der Waals surface area contributed by atoms with Gasteiger partial charge in [0.25, 0.3) is 0 Å². The van der Waals surface area contributed by atoms with E-state index in [0.29, 0.717) is 39.0 Å². The number of carboxylic acid groups (broad SMARTS) is 1. The minimum atomic E-state index is -4.10. The first kappa shape index (κ1) is 29.8. The molecule has 12 nitrogen and oxygen atoms in total. The molecule has 220 valence electrons. The Balaban J connectivity index is 1.41. The highest BCUT2D eigenvalue weighted by Crippen LogP contribution is 2.29. The van der Waals surface area contributed by atoms with Crippen LogP contribution in [0.4, 0.5) is 5.69 Å². The topological polar surface area (TPSA) is 186 Å². The fourth-order valence-corrected chi connectivity index (χ4v) is 6.80. The standard InChI is InChI=1S/C28H36N6O6S/c1-18(32-22-8-2-3-10-24(22)41(39,40)21-7-4-6-20(16-21)27(37)38)26(36)34-13-5-9-23(34)25(35)31-17-19-11-14-33(15-12-19)28(29)30/h2-4,6-8,10,16,18-19,23,32H,5,9,11-15,17H2,1H3,(H3,29,30)(H,31,35)(H,37,38)/t18?,23-/m0/s1. The maximum absolute atomic E-state index is 13.5. The smallest absolute Gasteiger partial charge is 0.335 e. The zero-order valence-corrected chi connectivity index (χ0v) is 23.7. The van der Waals surface area contributed by atoms with Crippen LogP contribution in [0.25, 0.3) is 0 Å². The summed E-state index contributed by atoms with van der Waals surface area (Å²) in [4.78, 5) is 41.0. The maximum atomic E-state index is 13.5. The highest BCUT2D eigenvalue weighted by atomic mass is 32.2. The van der Waals surface area contributed by atoms with Gasteiger partial charge in [-0.3, -0.25) is 15.0 Å². The number of carboxylic acids is 1. The number of likely N-dealkylation sites (tertiary alicyclic amines) is 2. The van der Waals surface area contributed by atoms with E-state index in [1.54, 1.807) is 34.9 Å². The number of rotatable bonds is 9. The van der Waals surface area contributed by atoms with Gasteiger partial charge < -0.3 is 31.3 Å². The molecular weight excluding hydrogens is 548 g/mol. The summed E-state index contributed by atoms with van der Waals surface area (Å²) in [5, 5.41) is 22.8. The van der Waals surface area contributed by atoms with Crippen LogP contribution in [0.3, 0.4) is 0 Å². The van der Waals surface area contributed by atoms with Crippen molar-refractivity contribution in [3.05, 3.63) is 54.1 Å². The van der Waals surface area contributed by atoms with Gasteiger partial charge in [0.15, 0.2) is 5.96 Å². The summed E-state index contributed by atoms with van der Waals surface area (Å²) in [5.74, 6) is -1.44. The number of benzene rings is 2. The molecule has 2 aromatic rings. The molecule has 2 aromatic carbocycles. The quantitative estimate of drug-likeness (QED) is 0.216. The highest BCUT2D eigenvalue weighted by Gasteiger charge is 2.36. The fraction of sp³-hybridized carbons (Fsp3) is 0.429. The number of hydrogen-bond donors (Lipinski definition) is 5. The number of aromatic carboxylic acids is 1. The second-order valence-corrected chi connectivity index (χ2v) is 12.4.